The highest BCUT2D eigenvalue weighted by Gasteiger charge is 2.08. The Bertz CT molecular complexity index is 502. The molecule has 1 aromatic rings. The largest absolute Gasteiger partial charge is 0.326 e. The number of hydrogen-bond donors (Lipinski definition) is 2. The van der Waals surface area contributed by atoms with E-state index in [2.05, 4.69) is 26.0 Å². The van der Waals surface area contributed by atoms with Crippen molar-refractivity contribution in [2.45, 2.75) is 13.3 Å². The third kappa shape index (κ3) is 4.74. The van der Waals surface area contributed by atoms with Crippen LogP contribution in [0.15, 0.2) is 24.3 Å². The first kappa shape index (κ1) is 14.0. The molecule has 1 amide bonds. The summed E-state index contributed by atoms with van der Waals surface area (Å²) in [5.41, 5.74) is 0.977. The minimum absolute atomic E-state index is 0.120. The molecule has 1 rings (SSSR count). The fraction of sp³-hybridized carbons (Fsp3) is 0.300. The van der Waals surface area contributed by atoms with Crippen molar-refractivity contribution in [1.29, 1.82) is 0 Å². The summed E-state index contributed by atoms with van der Waals surface area (Å²) in [5, 5.41) is 2.65. The van der Waals surface area contributed by atoms with Crippen molar-refractivity contribution >= 4 is 43.2 Å². The highest BCUT2D eigenvalue weighted by Crippen LogP contribution is 2.17. The van der Waals surface area contributed by atoms with Crippen molar-refractivity contribution in [2.75, 3.05) is 14.7 Å². The molecule has 0 radical (unpaired) electrons. The second kappa shape index (κ2) is 6.02. The molecule has 0 aliphatic rings. The lowest BCUT2D eigenvalue weighted by atomic mass is 10.3. The van der Waals surface area contributed by atoms with Crippen molar-refractivity contribution in [2.24, 2.45) is 0 Å². The predicted octanol–water partition coefficient (Wildman–Crippen LogP) is 2.13. The third-order valence-corrected chi connectivity index (χ3v) is 4.53. The van der Waals surface area contributed by atoms with E-state index in [-0.39, 0.29) is 10.6 Å². The minimum Gasteiger partial charge on any atom is -0.326 e. The predicted molar refractivity (Wildman–Crippen MR) is 71.7 cm³/mol. The fourth-order valence-corrected chi connectivity index (χ4v) is 2.00. The van der Waals surface area contributed by atoms with Gasteiger partial charge in [-0.2, -0.15) is 0 Å². The van der Waals surface area contributed by atoms with Crippen LogP contribution in [0.4, 0.5) is 11.4 Å². The Morgan fingerprint density at radius 1 is 1.35 bits per heavy atom. The number of halogens is 1. The van der Waals surface area contributed by atoms with Gasteiger partial charge in [0.05, 0.1) is 5.69 Å². The van der Waals surface area contributed by atoms with Crippen LogP contribution in [-0.4, -0.2) is 19.0 Å². The van der Waals surface area contributed by atoms with Gasteiger partial charge in [-0.05, 0) is 18.2 Å². The van der Waals surface area contributed by atoms with E-state index in [0.717, 1.165) is 0 Å². The molecule has 17 heavy (non-hydrogen) atoms. The number of carbonyl (C=O) groups is 1. The maximum Gasteiger partial charge on any atom is 0.242 e. The zero-order valence-electron chi connectivity index (χ0n) is 9.23. The average Bonchev–Trinajstić information content (AvgIpc) is 2.29. The standard InChI is InChI=1S/C10H13BrN2O3S/c1-2-10(14)12-8-4-3-5-9(6-8)13-17(15,16)7-11/h3-6,13H,2,7H2,1H3,(H,12,14). The lowest BCUT2D eigenvalue weighted by molar-refractivity contribution is -0.115. The van der Waals surface area contributed by atoms with E-state index in [1.807, 2.05) is 0 Å². The molecule has 0 aliphatic heterocycles. The van der Waals surface area contributed by atoms with Gasteiger partial charge in [-0.1, -0.05) is 28.9 Å². The Hall–Kier alpha value is -1.08. The van der Waals surface area contributed by atoms with Crippen LogP contribution in [0.25, 0.3) is 0 Å². The van der Waals surface area contributed by atoms with Crippen LogP contribution in [0.5, 0.6) is 0 Å². The molecule has 94 valence electrons. The van der Waals surface area contributed by atoms with E-state index in [1.54, 1.807) is 31.2 Å². The van der Waals surface area contributed by atoms with Gasteiger partial charge in [-0.3, -0.25) is 9.52 Å². The second-order valence-corrected chi connectivity index (χ2v) is 6.33. The van der Waals surface area contributed by atoms with Gasteiger partial charge in [-0.25, -0.2) is 8.42 Å². The molecular formula is C10H13BrN2O3S. The van der Waals surface area contributed by atoms with Gasteiger partial charge in [0, 0.05) is 12.1 Å². The Kier molecular flexibility index (Phi) is 4.95. The van der Waals surface area contributed by atoms with Crippen molar-refractivity contribution in [3.63, 3.8) is 0 Å². The van der Waals surface area contributed by atoms with Crippen molar-refractivity contribution in [3.8, 4) is 0 Å². The third-order valence-electron chi connectivity index (χ3n) is 1.88. The second-order valence-electron chi connectivity index (χ2n) is 3.31. The van der Waals surface area contributed by atoms with Gasteiger partial charge >= 0.3 is 0 Å². The van der Waals surface area contributed by atoms with E-state index < -0.39 is 10.0 Å². The Labute approximate surface area is 109 Å². The molecule has 2 N–H and O–H groups in total. The Balaban J connectivity index is 2.83. The molecule has 0 atom stereocenters. The number of amides is 1. The van der Waals surface area contributed by atoms with Gasteiger partial charge in [0.15, 0.2) is 0 Å². The number of nitrogens with one attached hydrogen (secondary N) is 2. The molecule has 0 heterocycles. The van der Waals surface area contributed by atoms with Crippen LogP contribution in [0, 0.1) is 0 Å². The molecule has 1 aromatic carbocycles. The summed E-state index contributed by atoms with van der Waals surface area (Å²) in [6, 6.07) is 6.53. The van der Waals surface area contributed by atoms with Gasteiger partial charge in [0.25, 0.3) is 0 Å². The molecule has 5 nitrogen and oxygen atoms in total. The first-order valence-electron chi connectivity index (χ1n) is 4.93. The van der Waals surface area contributed by atoms with E-state index in [1.165, 1.54) is 0 Å². The summed E-state index contributed by atoms with van der Waals surface area (Å²) < 4.78 is 24.8. The number of alkyl halides is 1. The summed E-state index contributed by atoms with van der Waals surface area (Å²) in [6.07, 6.45) is 0.372. The number of hydrogen-bond acceptors (Lipinski definition) is 3. The molecule has 0 aliphatic carbocycles. The van der Waals surface area contributed by atoms with Gasteiger partial charge in [0.1, 0.15) is 4.66 Å². The van der Waals surface area contributed by atoms with Crippen LogP contribution >= 0.6 is 15.9 Å². The van der Waals surface area contributed by atoms with Crippen LogP contribution in [0.3, 0.4) is 0 Å². The van der Waals surface area contributed by atoms with Crippen LogP contribution in [-0.2, 0) is 14.8 Å². The molecule has 0 aromatic heterocycles. The Morgan fingerprint density at radius 3 is 2.59 bits per heavy atom. The zero-order chi connectivity index (χ0) is 12.9. The summed E-state index contributed by atoms with van der Waals surface area (Å²) >= 11 is 2.88. The molecule has 7 heteroatoms. The van der Waals surface area contributed by atoms with Crippen LogP contribution in [0.1, 0.15) is 13.3 Å². The molecule has 0 spiro atoms. The van der Waals surface area contributed by atoms with E-state index in [4.69, 9.17) is 0 Å². The van der Waals surface area contributed by atoms with Crippen LogP contribution < -0.4 is 10.0 Å². The highest BCUT2D eigenvalue weighted by atomic mass is 79.9. The lowest BCUT2D eigenvalue weighted by Crippen LogP contribution is -2.14. The molecule has 0 saturated carbocycles. The van der Waals surface area contributed by atoms with Crippen molar-refractivity contribution in [1.82, 2.24) is 0 Å². The summed E-state index contributed by atoms with van der Waals surface area (Å²) in [7, 11) is -3.37. The van der Waals surface area contributed by atoms with Crippen molar-refractivity contribution in [3.05, 3.63) is 24.3 Å². The first-order chi connectivity index (χ1) is 7.96. The number of sulfonamides is 1. The van der Waals surface area contributed by atoms with E-state index in [0.29, 0.717) is 17.8 Å². The van der Waals surface area contributed by atoms with Gasteiger partial charge < -0.3 is 5.32 Å². The van der Waals surface area contributed by atoms with Crippen LogP contribution in [0.2, 0.25) is 0 Å². The molecule has 0 fully saturated rings. The fourth-order valence-electron chi connectivity index (χ4n) is 1.12. The summed E-state index contributed by atoms with van der Waals surface area (Å²) in [6.45, 7) is 1.74. The quantitative estimate of drug-likeness (QED) is 0.816. The van der Waals surface area contributed by atoms with E-state index in [9.17, 15) is 13.2 Å². The topological polar surface area (TPSA) is 75.3 Å². The monoisotopic (exact) mass is 320 g/mol. The highest BCUT2D eigenvalue weighted by molar-refractivity contribution is 9.10. The molecule has 0 unspecified atom stereocenters. The number of rotatable bonds is 5. The average molecular weight is 321 g/mol. The minimum atomic E-state index is -3.37. The zero-order valence-corrected chi connectivity index (χ0v) is 11.6. The van der Waals surface area contributed by atoms with Gasteiger partial charge in [0.2, 0.25) is 15.9 Å². The smallest absolute Gasteiger partial charge is 0.242 e. The van der Waals surface area contributed by atoms with Crippen molar-refractivity contribution < 1.29 is 13.2 Å². The SMILES string of the molecule is CCC(=O)Nc1cccc(NS(=O)(=O)CBr)c1. The molecule has 0 saturated heterocycles. The summed E-state index contributed by atoms with van der Waals surface area (Å²) in [5.74, 6) is -0.120. The molecular weight excluding hydrogens is 308 g/mol. The first-order valence-corrected chi connectivity index (χ1v) is 7.70. The molecule has 0 bridgehead atoms. The maximum atomic E-state index is 11.3. The van der Waals surface area contributed by atoms with E-state index >= 15 is 0 Å². The number of anilines is 2. The number of benzene rings is 1. The maximum absolute atomic E-state index is 11.3. The normalized spacial score (nSPS) is 10.9. The Morgan fingerprint density at radius 2 is 2.00 bits per heavy atom. The van der Waals surface area contributed by atoms with Gasteiger partial charge in [-0.15, -0.1) is 0 Å². The number of carbonyl (C=O) groups excluding carboxylic acids is 1. The lowest BCUT2D eigenvalue weighted by Gasteiger charge is -2.08. The summed E-state index contributed by atoms with van der Waals surface area (Å²) in [4.78, 5) is 11.2.